The lowest BCUT2D eigenvalue weighted by atomic mass is 9.96. The molecule has 0 aromatic carbocycles. The third kappa shape index (κ3) is 2.86. The molecule has 21 heavy (non-hydrogen) atoms. The molecule has 1 fully saturated rings. The van der Waals surface area contributed by atoms with Gasteiger partial charge in [0.25, 0.3) is 5.91 Å². The lowest BCUT2D eigenvalue weighted by Gasteiger charge is -2.31. The number of nitrogens with one attached hydrogen (secondary N) is 1. The minimum atomic E-state index is -0.0923. The fourth-order valence-corrected chi connectivity index (χ4v) is 2.75. The summed E-state index contributed by atoms with van der Waals surface area (Å²) in [6, 6.07) is 0. The molecule has 0 unspecified atom stereocenters. The molecule has 0 spiro atoms. The Balaban J connectivity index is 2.11. The summed E-state index contributed by atoms with van der Waals surface area (Å²) in [7, 11) is 1.64. The van der Waals surface area contributed by atoms with Crippen LogP contribution in [0.4, 0.5) is 5.69 Å². The van der Waals surface area contributed by atoms with Gasteiger partial charge < -0.3 is 16.0 Å². The molecule has 1 aromatic heterocycles. The number of likely N-dealkylation sites (tertiary alicyclic amines) is 1. The highest BCUT2D eigenvalue weighted by atomic mass is 16.2. The van der Waals surface area contributed by atoms with Gasteiger partial charge in [-0.2, -0.15) is 5.10 Å². The standard InChI is InChI=1S/C14H23N5O2/c1-4-19-12(11(15)9(2)17-19)14(21)18-7-5-10(6-8-18)13(20)16-3/h10H,4-8,15H2,1-3H3,(H,16,20). The predicted molar refractivity (Wildman–Crippen MR) is 79.7 cm³/mol. The lowest BCUT2D eigenvalue weighted by molar-refractivity contribution is -0.125. The SMILES string of the molecule is CCn1nc(C)c(N)c1C(=O)N1CCC(C(=O)NC)CC1. The second-order valence-corrected chi connectivity index (χ2v) is 5.34. The van der Waals surface area contributed by atoms with Gasteiger partial charge >= 0.3 is 0 Å². The van der Waals surface area contributed by atoms with Crippen LogP contribution >= 0.6 is 0 Å². The number of carbonyl (C=O) groups excluding carboxylic acids is 2. The first-order valence-corrected chi connectivity index (χ1v) is 7.33. The van der Waals surface area contributed by atoms with Crippen LogP contribution in [0.25, 0.3) is 0 Å². The van der Waals surface area contributed by atoms with Gasteiger partial charge in [0.05, 0.1) is 11.4 Å². The van der Waals surface area contributed by atoms with Crippen LogP contribution in [0.3, 0.4) is 0 Å². The van der Waals surface area contributed by atoms with E-state index in [1.165, 1.54) is 0 Å². The number of nitrogens with zero attached hydrogens (tertiary/aromatic N) is 3. The topological polar surface area (TPSA) is 93.2 Å². The van der Waals surface area contributed by atoms with Gasteiger partial charge in [0.2, 0.25) is 5.91 Å². The Morgan fingerprint density at radius 2 is 2.00 bits per heavy atom. The van der Waals surface area contributed by atoms with Crippen molar-refractivity contribution in [2.45, 2.75) is 33.2 Å². The van der Waals surface area contributed by atoms with Crippen molar-refractivity contribution in [2.24, 2.45) is 5.92 Å². The summed E-state index contributed by atoms with van der Waals surface area (Å²) in [4.78, 5) is 26.0. The first kappa shape index (κ1) is 15.3. The van der Waals surface area contributed by atoms with E-state index >= 15 is 0 Å². The summed E-state index contributed by atoms with van der Waals surface area (Å²) in [6.45, 7) is 5.49. The Kier molecular flexibility index (Phi) is 4.50. The number of hydrogen-bond donors (Lipinski definition) is 2. The Bertz CT molecular complexity index is 544. The minimum Gasteiger partial charge on any atom is -0.395 e. The van der Waals surface area contributed by atoms with E-state index in [2.05, 4.69) is 10.4 Å². The molecule has 1 aromatic rings. The van der Waals surface area contributed by atoms with Crippen LogP contribution < -0.4 is 11.1 Å². The number of amides is 2. The molecule has 0 atom stereocenters. The van der Waals surface area contributed by atoms with Crippen molar-refractivity contribution < 1.29 is 9.59 Å². The summed E-state index contributed by atoms with van der Waals surface area (Å²) in [6.07, 6.45) is 1.37. The van der Waals surface area contributed by atoms with E-state index in [4.69, 9.17) is 5.73 Å². The molecule has 2 heterocycles. The van der Waals surface area contributed by atoms with Crippen molar-refractivity contribution in [3.05, 3.63) is 11.4 Å². The number of hydrogen-bond acceptors (Lipinski definition) is 4. The largest absolute Gasteiger partial charge is 0.395 e. The van der Waals surface area contributed by atoms with Crippen LogP contribution in [0.1, 0.15) is 35.9 Å². The van der Waals surface area contributed by atoms with E-state index < -0.39 is 0 Å². The van der Waals surface area contributed by atoms with Crippen LogP contribution in [0.5, 0.6) is 0 Å². The second-order valence-electron chi connectivity index (χ2n) is 5.34. The summed E-state index contributed by atoms with van der Waals surface area (Å²) in [5.41, 5.74) is 7.59. The highest BCUT2D eigenvalue weighted by Crippen LogP contribution is 2.23. The van der Waals surface area contributed by atoms with Crippen molar-refractivity contribution >= 4 is 17.5 Å². The summed E-state index contributed by atoms with van der Waals surface area (Å²) in [5, 5.41) is 6.95. The predicted octanol–water partition coefficient (Wildman–Crippen LogP) is 0.392. The molecule has 0 saturated carbocycles. The molecule has 0 radical (unpaired) electrons. The summed E-state index contributed by atoms with van der Waals surface area (Å²) < 4.78 is 1.65. The normalized spacial score (nSPS) is 16.0. The van der Waals surface area contributed by atoms with Gasteiger partial charge in [0.15, 0.2) is 0 Å². The lowest BCUT2D eigenvalue weighted by Crippen LogP contribution is -2.43. The second kappa shape index (κ2) is 6.15. The van der Waals surface area contributed by atoms with Crippen LogP contribution in [-0.2, 0) is 11.3 Å². The highest BCUT2D eigenvalue weighted by Gasteiger charge is 2.30. The Morgan fingerprint density at radius 3 is 2.52 bits per heavy atom. The van der Waals surface area contributed by atoms with E-state index in [9.17, 15) is 9.59 Å². The first-order valence-electron chi connectivity index (χ1n) is 7.33. The molecule has 2 amide bonds. The third-order valence-electron chi connectivity index (χ3n) is 4.08. The molecule has 1 aliphatic rings. The van der Waals surface area contributed by atoms with Crippen LogP contribution in [0.15, 0.2) is 0 Å². The van der Waals surface area contributed by atoms with Crippen LogP contribution in [0, 0.1) is 12.8 Å². The fourth-order valence-electron chi connectivity index (χ4n) is 2.75. The van der Waals surface area contributed by atoms with Gasteiger partial charge in [-0.1, -0.05) is 0 Å². The van der Waals surface area contributed by atoms with Gasteiger partial charge in [0, 0.05) is 32.6 Å². The summed E-state index contributed by atoms with van der Waals surface area (Å²) >= 11 is 0. The molecule has 3 N–H and O–H groups in total. The van der Waals surface area contributed by atoms with Gasteiger partial charge in [-0.25, -0.2) is 0 Å². The molecule has 0 aliphatic carbocycles. The van der Waals surface area contributed by atoms with Crippen molar-refractivity contribution in [3.8, 4) is 0 Å². The average Bonchev–Trinajstić information content (AvgIpc) is 2.81. The molecule has 0 bridgehead atoms. The maximum Gasteiger partial charge on any atom is 0.274 e. The van der Waals surface area contributed by atoms with E-state index in [1.807, 2.05) is 6.92 Å². The fraction of sp³-hybridized carbons (Fsp3) is 0.643. The molecule has 2 rings (SSSR count). The number of carbonyl (C=O) groups is 2. The molecular weight excluding hydrogens is 270 g/mol. The number of nitrogen functional groups attached to an aromatic ring is 1. The van der Waals surface area contributed by atoms with E-state index in [-0.39, 0.29) is 17.7 Å². The summed E-state index contributed by atoms with van der Waals surface area (Å²) in [5.74, 6) is -0.0458. The minimum absolute atomic E-state index is 0.00535. The van der Waals surface area contributed by atoms with Gasteiger partial charge in [-0.15, -0.1) is 0 Å². The molecule has 1 saturated heterocycles. The zero-order chi connectivity index (χ0) is 15.6. The molecule has 7 nitrogen and oxygen atoms in total. The third-order valence-corrected chi connectivity index (χ3v) is 4.08. The van der Waals surface area contributed by atoms with Crippen molar-refractivity contribution in [1.82, 2.24) is 20.0 Å². The van der Waals surface area contributed by atoms with E-state index in [0.717, 1.165) is 0 Å². The molecule has 1 aliphatic heterocycles. The van der Waals surface area contributed by atoms with Crippen LogP contribution in [-0.4, -0.2) is 46.6 Å². The quantitative estimate of drug-likeness (QED) is 0.843. The number of anilines is 1. The number of aromatic nitrogens is 2. The molecule has 7 heteroatoms. The van der Waals surface area contributed by atoms with Gasteiger partial charge in [-0.3, -0.25) is 14.3 Å². The first-order chi connectivity index (χ1) is 9.99. The van der Waals surface area contributed by atoms with Crippen LogP contribution in [0.2, 0.25) is 0 Å². The Hall–Kier alpha value is -2.05. The van der Waals surface area contributed by atoms with Gasteiger partial charge in [0.1, 0.15) is 5.69 Å². The Morgan fingerprint density at radius 1 is 1.38 bits per heavy atom. The van der Waals surface area contributed by atoms with Crippen molar-refractivity contribution in [3.63, 3.8) is 0 Å². The maximum atomic E-state index is 12.6. The van der Waals surface area contributed by atoms with Crippen molar-refractivity contribution in [2.75, 3.05) is 25.9 Å². The zero-order valence-electron chi connectivity index (χ0n) is 12.8. The zero-order valence-corrected chi connectivity index (χ0v) is 12.8. The van der Waals surface area contributed by atoms with E-state index in [0.29, 0.717) is 49.6 Å². The number of aryl methyl sites for hydroxylation is 2. The average molecular weight is 293 g/mol. The monoisotopic (exact) mass is 293 g/mol. The van der Waals surface area contributed by atoms with Gasteiger partial charge in [-0.05, 0) is 26.7 Å². The molecule has 116 valence electrons. The van der Waals surface area contributed by atoms with Crippen molar-refractivity contribution in [1.29, 1.82) is 0 Å². The van der Waals surface area contributed by atoms with E-state index in [1.54, 1.807) is 23.6 Å². The number of rotatable bonds is 3. The number of piperidine rings is 1. The molecular formula is C14H23N5O2. The number of nitrogens with two attached hydrogens (primary N) is 1. The Labute approximate surface area is 124 Å². The highest BCUT2D eigenvalue weighted by molar-refractivity contribution is 5.98. The smallest absolute Gasteiger partial charge is 0.274 e. The maximum absolute atomic E-state index is 12.6.